The highest BCUT2D eigenvalue weighted by Gasteiger charge is 2.47. The molecule has 0 aromatic heterocycles. The van der Waals surface area contributed by atoms with Crippen molar-refractivity contribution in [2.45, 2.75) is 19.0 Å². The highest BCUT2D eigenvalue weighted by Crippen LogP contribution is 2.39. The Bertz CT molecular complexity index is 1330. The van der Waals surface area contributed by atoms with Crippen molar-refractivity contribution < 1.29 is 18.8 Å². The van der Waals surface area contributed by atoms with Gasteiger partial charge in [-0.05, 0) is 42.3 Å². The molecule has 0 radical (unpaired) electrons. The molecular weight excluding hydrogens is 459 g/mol. The van der Waals surface area contributed by atoms with Gasteiger partial charge in [-0.3, -0.25) is 14.5 Å². The molecule has 2 atom stereocenters. The van der Waals surface area contributed by atoms with Crippen LogP contribution in [0.15, 0.2) is 96.2 Å². The molecular formula is C28H25FN4O3. The lowest BCUT2D eigenvalue weighted by molar-refractivity contribution is -0.134. The van der Waals surface area contributed by atoms with Crippen LogP contribution in [0.25, 0.3) is 0 Å². The Kier molecular flexibility index (Phi) is 6.25. The van der Waals surface area contributed by atoms with Gasteiger partial charge in [-0.15, -0.1) is 0 Å². The summed E-state index contributed by atoms with van der Waals surface area (Å²) in [5, 5.41) is 5.76. The molecule has 3 aromatic rings. The van der Waals surface area contributed by atoms with Gasteiger partial charge in [0.1, 0.15) is 11.9 Å². The second kappa shape index (κ2) is 9.65. The third-order valence-corrected chi connectivity index (χ3v) is 6.49. The van der Waals surface area contributed by atoms with Crippen LogP contribution in [0.2, 0.25) is 0 Å². The number of hydrogen-bond donors (Lipinski definition) is 2. The standard InChI is InChI=1S/C28H25FN4O3/c1-2-32-22-17-33(27(35)23(22)24(31-28(32)36)18-9-5-3-6-10-18)25(19-11-7-4-8-12-19)26(34)30-21-15-13-20(29)14-16-21/h3-16,24-25H,2,17H2,1H3,(H,30,34)(H,31,36). The molecule has 0 bridgehead atoms. The normalized spacial score (nSPS) is 18.1. The monoisotopic (exact) mass is 484 g/mol. The van der Waals surface area contributed by atoms with Crippen molar-refractivity contribution >= 4 is 23.5 Å². The first kappa shape index (κ1) is 23.3. The zero-order valence-electron chi connectivity index (χ0n) is 19.6. The lowest BCUT2D eigenvalue weighted by atomic mass is 9.95. The summed E-state index contributed by atoms with van der Waals surface area (Å²) < 4.78 is 13.4. The van der Waals surface area contributed by atoms with E-state index in [1.807, 2.05) is 43.3 Å². The number of carbonyl (C=O) groups is 3. The highest BCUT2D eigenvalue weighted by atomic mass is 19.1. The van der Waals surface area contributed by atoms with Crippen molar-refractivity contribution in [1.82, 2.24) is 15.1 Å². The lowest BCUT2D eigenvalue weighted by Crippen LogP contribution is -2.47. The molecule has 4 amide bonds. The van der Waals surface area contributed by atoms with Crippen molar-refractivity contribution in [2.75, 3.05) is 18.4 Å². The van der Waals surface area contributed by atoms with Gasteiger partial charge in [0.25, 0.3) is 11.8 Å². The van der Waals surface area contributed by atoms with Crippen LogP contribution >= 0.6 is 0 Å². The van der Waals surface area contributed by atoms with E-state index in [-0.39, 0.29) is 18.5 Å². The van der Waals surface area contributed by atoms with Gasteiger partial charge in [0.2, 0.25) is 0 Å². The number of likely N-dealkylation sites (N-methyl/N-ethyl adjacent to an activating group) is 1. The number of amides is 4. The quantitative estimate of drug-likeness (QED) is 0.545. The average molecular weight is 485 g/mol. The van der Waals surface area contributed by atoms with Crippen molar-refractivity contribution in [3.8, 4) is 0 Å². The van der Waals surface area contributed by atoms with Crippen LogP contribution in [0.3, 0.4) is 0 Å². The van der Waals surface area contributed by atoms with E-state index in [1.54, 1.807) is 29.2 Å². The second-order valence-electron chi connectivity index (χ2n) is 8.64. The van der Waals surface area contributed by atoms with E-state index in [2.05, 4.69) is 10.6 Å². The number of halogens is 1. The number of hydrogen-bond acceptors (Lipinski definition) is 3. The van der Waals surface area contributed by atoms with E-state index >= 15 is 0 Å². The molecule has 36 heavy (non-hydrogen) atoms. The van der Waals surface area contributed by atoms with Gasteiger partial charge >= 0.3 is 6.03 Å². The van der Waals surface area contributed by atoms with E-state index < -0.39 is 23.8 Å². The van der Waals surface area contributed by atoms with E-state index in [0.717, 1.165) is 5.56 Å². The molecule has 2 aliphatic rings. The predicted molar refractivity (Wildman–Crippen MR) is 133 cm³/mol. The van der Waals surface area contributed by atoms with Crippen LogP contribution in [0.4, 0.5) is 14.9 Å². The molecule has 8 heteroatoms. The maximum Gasteiger partial charge on any atom is 0.322 e. The van der Waals surface area contributed by atoms with Gasteiger partial charge in [0.05, 0.1) is 23.9 Å². The summed E-state index contributed by atoms with van der Waals surface area (Å²) in [6, 6.07) is 21.9. The van der Waals surface area contributed by atoms with Gasteiger partial charge < -0.3 is 15.5 Å². The van der Waals surface area contributed by atoms with Crippen molar-refractivity contribution in [3.05, 3.63) is 113 Å². The molecule has 0 aliphatic carbocycles. The first-order chi connectivity index (χ1) is 17.5. The minimum Gasteiger partial charge on any atom is -0.326 e. The summed E-state index contributed by atoms with van der Waals surface area (Å²) in [7, 11) is 0. The summed E-state index contributed by atoms with van der Waals surface area (Å²) in [5.74, 6) is -1.16. The molecule has 7 nitrogen and oxygen atoms in total. The molecule has 182 valence electrons. The Morgan fingerprint density at radius 1 is 1.00 bits per heavy atom. The van der Waals surface area contributed by atoms with Crippen LogP contribution in [0.1, 0.15) is 30.1 Å². The Hall–Kier alpha value is -4.46. The zero-order valence-corrected chi connectivity index (χ0v) is 19.6. The molecule has 0 spiro atoms. The van der Waals surface area contributed by atoms with Gasteiger partial charge in [-0.25, -0.2) is 9.18 Å². The van der Waals surface area contributed by atoms with Gasteiger partial charge in [-0.1, -0.05) is 60.7 Å². The second-order valence-corrected chi connectivity index (χ2v) is 8.64. The van der Waals surface area contributed by atoms with Crippen LogP contribution in [-0.4, -0.2) is 40.7 Å². The first-order valence-corrected chi connectivity index (χ1v) is 11.8. The maximum absolute atomic E-state index is 14.0. The summed E-state index contributed by atoms with van der Waals surface area (Å²) >= 11 is 0. The van der Waals surface area contributed by atoms with Gasteiger partial charge in [0.15, 0.2) is 0 Å². The fourth-order valence-corrected chi connectivity index (χ4v) is 4.80. The largest absolute Gasteiger partial charge is 0.326 e. The minimum absolute atomic E-state index is 0.106. The fourth-order valence-electron chi connectivity index (χ4n) is 4.80. The number of carbonyl (C=O) groups excluding carboxylic acids is 3. The minimum atomic E-state index is -0.959. The van der Waals surface area contributed by atoms with Crippen LogP contribution in [0.5, 0.6) is 0 Å². The molecule has 0 saturated carbocycles. The number of anilines is 1. The van der Waals surface area contributed by atoms with Crippen LogP contribution < -0.4 is 10.6 Å². The van der Waals surface area contributed by atoms with Gasteiger partial charge in [-0.2, -0.15) is 0 Å². The Balaban J connectivity index is 1.53. The molecule has 2 unspecified atom stereocenters. The van der Waals surface area contributed by atoms with E-state index in [0.29, 0.717) is 29.1 Å². The average Bonchev–Trinajstić information content (AvgIpc) is 3.22. The van der Waals surface area contributed by atoms with Gasteiger partial charge in [0, 0.05) is 12.2 Å². The fraction of sp³-hybridized carbons (Fsp3) is 0.179. The third kappa shape index (κ3) is 4.22. The molecule has 2 heterocycles. The first-order valence-electron chi connectivity index (χ1n) is 11.8. The third-order valence-electron chi connectivity index (χ3n) is 6.49. The molecule has 2 aliphatic heterocycles. The number of rotatable bonds is 6. The molecule has 0 fully saturated rings. The summed E-state index contributed by atoms with van der Waals surface area (Å²) in [4.78, 5) is 43.6. The predicted octanol–water partition coefficient (Wildman–Crippen LogP) is 4.39. The van der Waals surface area contributed by atoms with Crippen LogP contribution in [0, 0.1) is 5.82 Å². The summed E-state index contributed by atoms with van der Waals surface area (Å²) in [6.07, 6.45) is 0. The van der Waals surface area contributed by atoms with Crippen molar-refractivity contribution in [1.29, 1.82) is 0 Å². The van der Waals surface area contributed by atoms with Crippen molar-refractivity contribution in [2.24, 2.45) is 0 Å². The summed E-state index contributed by atoms with van der Waals surface area (Å²) in [5.41, 5.74) is 2.88. The number of nitrogens with zero attached hydrogens (tertiary/aromatic N) is 2. The van der Waals surface area contributed by atoms with E-state index in [4.69, 9.17) is 0 Å². The zero-order chi connectivity index (χ0) is 25.2. The highest BCUT2D eigenvalue weighted by molar-refractivity contribution is 6.05. The van der Waals surface area contributed by atoms with E-state index in [9.17, 15) is 18.8 Å². The van der Waals surface area contributed by atoms with Crippen molar-refractivity contribution in [3.63, 3.8) is 0 Å². The molecule has 2 N–H and O–H groups in total. The maximum atomic E-state index is 14.0. The Morgan fingerprint density at radius 3 is 2.28 bits per heavy atom. The lowest BCUT2D eigenvalue weighted by Gasteiger charge is -2.32. The number of nitrogens with one attached hydrogen (secondary N) is 2. The summed E-state index contributed by atoms with van der Waals surface area (Å²) in [6.45, 7) is 2.33. The number of benzene rings is 3. The topological polar surface area (TPSA) is 81.8 Å². The smallest absolute Gasteiger partial charge is 0.322 e. The molecule has 5 rings (SSSR count). The number of urea groups is 1. The Morgan fingerprint density at radius 2 is 1.64 bits per heavy atom. The Labute approximate surface area is 208 Å². The SMILES string of the molecule is CCN1C(=O)NC(c2ccccc2)C2=C1CN(C(C(=O)Nc1ccc(F)cc1)c1ccccc1)C2=O. The molecule has 0 saturated heterocycles. The van der Waals surface area contributed by atoms with E-state index in [1.165, 1.54) is 29.2 Å². The van der Waals surface area contributed by atoms with Crippen LogP contribution in [-0.2, 0) is 9.59 Å². The molecule has 3 aromatic carbocycles.